The van der Waals surface area contributed by atoms with Crippen molar-refractivity contribution in [3.05, 3.63) is 48.8 Å². The van der Waals surface area contributed by atoms with E-state index >= 15 is 0 Å². The highest BCUT2D eigenvalue weighted by molar-refractivity contribution is 7.91. The lowest BCUT2D eigenvalue weighted by atomic mass is 10.2. The Morgan fingerprint density at radius 2 is 1.93 bits per heavy atom. The molecule has 3 aromatic rings. The fraction of sp³-hybridized carbons (Fsp3) is 0.222. The van der Waals surface area contributed by atoms with Crippen molar-refractivity contribution < 1.29 is 22.7 Å². The van der Waals surface area contributed by atoms with Gasteiger partial charge in [0.15, 0.2) is 21.3 Å². The molecule has 0 fully saturated rings. The number of sulfone groups is 1. The maximum atomic E-state index is 12.6. The number of nitrogens with zero attached hydrogens (tertiary/aromatic N) is 4. The summed E-state index contributed by atoms with van der Waals surface area (Å²) >= 11 is 0. The van der Waals surface area contributed by atoms with Crippen LogP contribution in [-0.4, -0.2) is 53.5 Å². The number of aromatic nitrogens is 4. The lowest BCUT2D eigenvalue weighted by Crippen LogP contribution is -2.18. The van der Waals surface area contributed by atoms with Crippen molar-refractivity contribution >= 4 is 21.4 Å². The van der Waals surface area contributed by atoms with Gasteiger partial charge in [0.25, 0.3) is 0 Å². The number of rotatable bonds is 6. The number of anilines is 1. The van der Waals surface area contributed by atoms with Crippen molar-refractivity contribution in [3.63, 3.8) is 0 Å². The second-order valence-corrected chi connectivity index (χ2v) is 8.34. The normalized spacial score (nSPS) is 13.1. The monoisotopic (exact) mass is 415 g/mol. The van der Waals surface area contributed by atoms with Crippen molar-refractivity contribution in [2.24, 2.45) is 0 Å². The van der Waals surface area contributed by atoms with Gasteiger partial charge in [-0.1, -0.05) is 6.07 Å². The summed E-state index contributed by atoms with van der Waals surface area (Å²) in [6, 6.07) is 11.3. The molecule has 1 aliphatic rings. The molecule has 0 bridgehead atoms. The molecule has 0 spiro atoms. The van der Waals surface area contributed by atoms with E-state index in [1.165, 1.54) is 23.1 Å². The summed E-state index contributed by atoms with van der Waals surface area (Å²) < 4.78 is 37.4. The number of hydrogen-bond donors (Lipinski definition) is 1. The molecule has 0 saturated heterocycles. The first-order chi connectivity index (χ1) is 14.0. The van der Waals surface area contributed by atoms with Crippen LogP contribution in [0.3, 0.4) is 0 Å². The molecule has 0 saturated carbocycles. The highest BCUT2D eigenvalue weighted by Gasteiger charge is 2.20. The predicted molar refractivity (Wildman–Crippen MR) is 102 cm³/mol. The minimum absolute atomic E-state index is 0.0928. The van der Waals surface area contributed by atoms with Crippen molar-refractivity contribution in [3.8, 4) is 17.2 Å². The third-order valence-corrected chi connectivity index (χ3v) is 5.93. The maximum Gasteiger partial charge on any atom is 0.225 e. The number of fused-ring (bicyclic) bond motifs is 1. The molecule has 0 atom stereocenters. The number of benzene rings is 2. The number of carbonyl (C=O) groups is 1. The minimum Gasteiger partial charge on any atom is -0.486 e. The first kappa shape index (κ1) is 18.9. The molecule has 29 heavy (non-hydrogen) atoms. The van der Waals surface area contributed by atoms with E-state index in [2.05, 4.69) is 20.8 Å². The molecule has 1 amide bonds. The number of hydrogen-bond acceptors (Lipinski definition) is 8. The molecule has 0 aliphatic carbocycles. The van der Waals surface area contributed by atoms with Crippen LogP contribution in [0.2, 0.25) is 0 Å². The van der Waals surface area contributed by atoms with Gasteiger partial charge in [0.05, 0.1) is 16.3 Å². The Labute approximate surface area is 166 Å². The zero-order valence-corrected chi connectivity index (χ0v) is 16.0. The zero-order chi connectivity index (χ0) is 20.3. The Kier molecular flexibility index (Phi) is 5.12. The van der Waals surface area contributed by atoms with E-state index in [1.807, 2.05) is 0 Å². The SMILES string of the molecule is O=C(CCS(=O)(=O)c1ccc2c(c1)OCCO2)Nc1cccc(-n2cnnn2)c1. The van der Waals surface area contributed by atoms with E-state index in [1.54, 1.807) is 30.3 Å². The Morgan fingerprint density at radius 1 is 1.10 bits per heavy atom. The first-order valence-corrected chi connectivity index (χ1v) is 10.4. The zero-order valence-electron chi connectivity index (χ0n) is 15.2. The smallest absolute Gasteiger partial charge is 0.225 e. The molecule has 0 radical (unpaired) electrons. The molecule has 150 valence electrons. The number of tetrazole rings is 1. The van der Waals surface area contributed by atoms with Gasteiger partial charge in [-0.05, 0) is 40.8 Å². The van der Waals surface area contributed by atoms with Gasteiger partial charge in [-0.15, -0.1) is 5.10 Å². The van der Waals surface area contributed by atoms with Crippen molar-refractivity contribution in [2.45, 2.75) is 11.3 Å². The summed E-state index contributed by atoms with van der Waals surface area (Å²) in [6.07, 6.45) is 1.24. The quantitative estimate of drug-likeness (QED) is 0.637. The van der Waals surface area contributed by atoms with Gasteiger partial charge in [0, 0.05) is 18.2 Å². The van der Waals surface area contributed by atoms with Gasteiger partial charge in [-0.2, -0.15) is 0 Å². The van der Waals surface area contributed by atoms with Crippen LogP contribution >= 0.6 is 0 Å². The fourth-order valence-corrected chi connectivity index (χ4v) is 4.04. The van der Waals surface area contributed by atoms with Crippen molar-refractivity contribution in [2.75, 3.05) is 24.3 Å². The molecular weight excluding hydrogens is 398 g/mol. The molecule has 2 aromatic carbocycles. The molecule has 2 heterocycles. The van der Waals surface area contributed by atoms with Crippen LogP contribution in [0, 0.1) is 0 Å². The lowest BCUT2D eigenvalue weighted by Gasteiger charge is -2.18. The Bertz CT molecular complexity index is 1130. The van der Waals surface area contributed by atoms with Crippen molar-refractivity contribution in [1.29, 1.82) is 0 Å². The van der Waals surface area contributed by atoms with Crippen LogP contribution in [0.4, 0.5) is 5.69 Å². The van der Waals surface area contributed by atoms with Gasteiger partial charge >= 0.3 is 0 Å². The van der Waals surface area contributed by atoms with E-state index < -0.39 is 15.7 Å². The molecule has 1 aromatic heterocycles. The Hall–Kier alpha value is -3.47. The molecule has 4 rings (SSSR count). The minimum atomic E-state index is -3.65. The second kappa shape index (κ2) is 7.87. The number of ether oxygens (including phenoxy) is 2. The summed E-state index contributed by atoms with van der Waals surface area (Å²) in [5.41, 5.74) is 1.18. The largest absolute Gasteiger partial charge is 0.486 e. The number of carbonyl (C=O) groups excluding carboxylic acids is 1. The molecule has 10 nitrogen and oxygen atoms in total. The summed E-state index contributed by atoms with van der Waals surface area (Å²) in [5, 5.41) is 13.6. The molecule has 0 unspecified atom stereocenters. The third-order valence-electron chi connectivity index (χ3n) is 4.21. The van der Waals surface area contributed by atoms with Gasteiger partial charge in [-0.3, -0.25) is 4.79 Å². The summed E-state index contributed by atoms with van der Waals surface area (Å²) in [4.78, 5) is 12.3. The third kappa shape index (κ3) is 4.35. The maximum absolute atomic E-state index is 12.6. The summed E-state index contributed by atoms with van der Waals surface area (Å²) in [6.45, 7) is 0.788. The molecule has 1 N–H and O–H groups in total. The van der Waals surface area contributed by atoms with Gasteiger partial charge in [0.1, 0.15) is 19.5 Å². The van der Waals surface area contributed by atoms with Crippen LogP contribution in [-0.2, 0) is 14.6 Å². The molecule has 1 aliphatic heterocycles. The predicted octanol–water partition coefficient (Wildman–Crippen LogP) is 1.24. The topological polar surface area (TPSA) is 125 Å². The standard InChI is InChI=1S/C18H17N5O5S/c24-18(20-13-2-1-3-14(10-13)23-12-19-21-22-23)6-9-29(25,26)15-4-5-16-17(11-15)28-8-7-27-16/h1-5,10-12H,6-9H2,(H,20,24). The Morgan fingerprint density at radius 3 is 2.72 bits per heavy atom. The molecule has 11 heteroatoms. The first-order valence-electron chi connectivity index (χ1n) is 8.77. The average Bonchev–Trinajstić information content (AvgIpc) is 3.27. The van der Waals surface area contributed by atoms with Crippen LogP contribution in [0.1, 0.15) is 6.42 Å². The average molecular weight is 415 g/mol. The lowest BCUT2D eigenvalue weighted by molar-refractivity contribution is -0.115. The second-order valence-electron chi connectivity index (χ2n) is 6.23. The number of amides is 1. The van der Waals surface area contributed by atoms with Crippen LogP contribution in [0.25, 0.3) is 5.69 Å². The van der Waals surface area contributed by atoms with Crippen LogP contribution < -0.4 is 14.8 Å². The van der Waals surface area contributed by atoms with E-state index in [9.17, 15) is 13.2 Å². The molecular formula is C18H17N5O5S. The van der Waals surface area contributed by atoms with Gasteiger partial charge < -0.3 is 14.8 Å². The van der Waals surface area contributed by atoms with Gasteiger partial charge in [0.2, 0.25) is 5.91 Å². The van der Waals surface area contributed by atoms with Crippen molar-refractivity contribution in [1.82, 2.24) is 20.2 Å². The van der Waals surface area contributed by atoms with Gasteiger partial charge in [-0.25, -0.2) is 13.1 Å². The van der Waals surface area contributed by atoms with E-state index in [4.69, 9.17) is 9.47 Å². The number of nitrogens with one attached hydrogen (secondary N) is 1. The summed E-state index contributed by atoms with van der Waals surface area (Å²) in [5.74, 6) is 0.155. The van der Waals surface area contributed by atoms with E-state index in [-0.39, 0.29) is 17.1 Å². The highest BCUT2D eigenvalue weighted by Crippen LogP contribution is 2.32. The van der Waals surface area contributed by atoms with Crippen LogP contribution in [0.15, 0.2) is 53.7 Å². The summed E-state index contributed by atoms with van der Waals surface area (Å²) in [7, 11) is -3.65. The Balaban J connectivity index is 1.40. The van der Waals surface area contributed by atoms with E-state index in [0.29, 0.717) is 36.1 Å². The highest BCUT2D eigenvalue weighted by atomic mass is 32.2. The van der Waals surface area contributed by atoms with Crippen LogP contribution in [0.5, 0.6) is 11.5 Å². The van der Waals surface area contributed by atoms with E-state index in [0.717, 1.165) is 0 Å². The fourth-order valence-electron chi connectivity index (χ4n) is 2.79.